The first-order valence-electron chi connectivity index (χ1n) is 10.0. The summed E-state index contributed by atoms with van der Waals surface area (Å²) in [7, 11) is 0. The van der Waals surface area contributed by atoms with Gasteiger partial charge in [0.25, 0.3) is 0 Å². The molecule has 1 N–H and O–H groups in total. The van der Waals surface area contributed by atoms with E-state index < -0.39 is 6.04 Å². The van der Waals surface area contributed by atoms with E-state index in [-0.39, 0.29) is 17.9 Å². The molecule has 2 aromatic rings. The molecule has 0 aliphatic heterocycles. The van der Waals surface area contributed by atoms with Crippen molar-refractivity contribution < 1.29 is 9.59 Å². The second kappa shape index (κ2) is 10.7. The van der Waals surface area contributed by atoms with Gasteiger partial charge >= 0.3 is 0 Å². The summed E-state index contributed by atoms with van der Waals surface area (Å²) in [6.07, 6.45) is 4.35. The van der Waals surface area contributed by atoms with Crippen LogP contribution in [0, 0.1) is 0 Å². The molecule has 0 spiro atoms. The standard InChI is InChI=1S/C23H27ClN2O2S/c1-17(23(28)25-20-7-5-6-8-20)26(15-18-11-13-19(24)14-12-18)22(27)16-29-21-9-3-2-4-10-21/h2-4,9-14,17,20H,5-8,15-16H2,1H3,(H,25,28)/t17-/m0/s1. The fraction of sp³-hybridized carbons (Fsp3) is 0.391. The molecule has 2 amide bonds. The minimum atomic E-state index is -0.532. The van der Waals surface area contributed by atoms with Crippen molar-refractivity contribution in [3.63, 3.8) is 0 Å². The number of rotatable bonds is 8. The lowest BCUT2D eigenvalue weighted by Gasteiger charge is -2.29. The minimum Gasteiger partial charge on any atom is -0.352 e. The number of carbonyl (C=O) groups excluding carboxylic acids is 2. The molecule has 0 bridgehead atoms. The van der Waals surface area contributed by atoms with Gasteiger partial charge in [-0.1, -0.05) is 54.8 Å². The van der Waals surface area contributed by atoms with Gasteiger partial charge in [-0.05, 0) is 49.6 Å². The Bertz CT molecular complexity index is 807. The van der Waals surface area contributed by atoms with Gasteiger partial charge in [0.15, 0.2) is 0 Å². The summed E-state index contributed by atoms with van der Waals surface area (Å²) in [5.74, 6) is 0.158. The van der Waals surface area contributed by atoms with Gasteiger partial charge in [0.2, 0.25) is 11.8 Å². The Morgan fingerprint density at radius 1 is 1.10 bits per heavy atom. The van der Waals surface area contributed by atoms with E-state index in [1.807, 2.05) is 61.5 Å². The maximum absolute atomic E-state index is 13.1. The smallest absolute Gasteiger partial charge is 0.242 e. The Kier molecular flexibility index (Phi) is 8.01. The molecule has 29 heavy (non-hydrogen) atoms. The summed E-state index contributed by atoms with van der Waals surface area (Å²) in [5.41, 5.74) is 0.952. The fourth-order valence-corrected chi connectivity index (χ4v) is 4.44. The van der Waals surface area contributed by atoms with Crippen LogP contribution in [0.1, 0.15) is 38.2 Å². The van der Waals surface area contributed by atoms with E-state index in [1.54, 1.807) is 4.90 Å². The first-order valence-corrected chi connectivity index (χ1v) is 11.4. The molecule has 2 aromatic carbocycles. The number of nitrogens with one attached hydrogen (secondary N) is 1. The third-order valence-electron chi connectivity index (χ3n) is 5.24. The first-order chi connectivity index (χ1) is 14.0. The molecule has 0 radical (unpaired) electrons. The quantitative estimate of drug-likeness (QED) is 0.605. The molecule has 1 atom stereocenters. The summed E-state index contributed by atoms with van der Waals surface area (Å²) in [6, 6.07) is 16.9. The SMILES string of the molecule is C[C@@H](C(=O)NC1CCCC1)N(Cc1ccc(Cl)cc1)C(=O)CSc1ccccc1. The Morgan fingerprint density at radius 2 is 1.76 bits per heavy atom. The Labute approximate surface area is 182 Å². The lowest BCUT2D eigenvalue weighted by Crippen LogP contribution is -2.50. The summed E-state index contributed by atoms with van der Waals surface area (Å²) in [4.78, 5) is 28.6. The molecule has 1 aliphatic rings. The third kappa shape index (κ3) is 6.51. The van der Waals surface area contributed by atoms with E-state index in [4.69, 9.17) is 11.6 Å². The van der Waals surface area contributed by atoms with Gasteiger partial charge in [-0.15, -0.1) is 11.8 Å². The summed E-state index contributed by atoms with van der Waals surface area (Å²) in [6.45, 7) is 2.19. The molecule has 3 rings (SSSR count). The molecule has 0 saturated heterocycles. The summed E-state index contributed by atoms with van der Waals surface area (Å²) < 4.78 is 0. The number of thioether (sulfide) groups is 1. The molecule has 1 saturated carbocycles. The molecule has 1 aliphatic carbocycles. The average molecular weight is 431 g/mol. The molecule has 4 nitrogen and oxygen atoms in total. The zero-order valence-electron chi connectivity index (χ0n) is 16.6. The lowest BCUT2D eigenvalue weighted by molar-refractivity contribution is -0.138. The highest BCUT2D eigenvalue weighted by Crippen LogP contribution is 2.21. The molecule has 1 fully saturated rings. The van der Waals surface area contributed by atoms with Gasteiger partial charge < -0.3 is 10.2 Å². The van der Waals surface area contributed by atoms with Crippen LogP contribution >= 0.6 is 23.4 Å². The van der Waals surface area contributed by atoms with Crippen molar-refractivity contribution in [2.24, 2.45) is 0 Å². The van der Waals surface area contributed by atoms with Crippen LogP contribution in [0.3, 0.4) is 0 Å². The largest absolute Gasteiger partial charge is 0.352 e. The highest BCUT2D eigenvalue weighted by Gasteiger charge is 2.28. The van der Waals surface area contributed by atoms with Crippen LogP contribution in [0.5, 0.6) is 0 Å². The Morgan fingerprint density at radius 3 is 2.41 bits per heavy atom. The minimum absolute atomic E-state index is 0.0529. The van der Waals surface area contributed by atoms with E-state index >= 15 is 0 Å². The van der Waals surface area contributed by atoms with E-state index in [9.17, 15) is 9.59 Å². The van der Waals surface area contributed by atoms with E-state index in [0.717, 1.165) is 36.1 Å². The monoisotopic (exact) mass is 430 g/mol. The average Bonchev–Trinajstić information content (AvgIpc) is 3.25. The van der Waals surface area contributed by atoms with Crippen LogP contribution in [-0.2, 0) is 16.1 Å². The summed E-state index contributed by atoms with van der Waals surface area (Å²) in [5, 5.41) is 3.77. The van der Waals surface area contributed by atoms with Crippen LogP contribution in [0.4, 0.5) is 0 Å². The Balaban J connectivity index is 1.69. The van der Waals surface area contributed by atoms with Gasteiger partial charge in [-0.3, -0.25) is 9.59 Å². The van der Waals surface area contributed by atoms with Crippen LogP contribution < -0.4 is 5.32 Å². The van der Waals surface area contributed by atoms with Gasteiger partial charge in [-0.25, -0.2) is 0 Å². The molecule has 0 heterocycles. The van der Waals surface area contributed by atoms with Crippen molar-refractivity contribution in [2.75, 3.05) is 5.75 Å². The molecule has 0 aromatic heterocycles. The van der Waals surface area contributed by atoms with Gasteiger partial charge in [0, 0.05) is 22.5 Å². The molecule has 154 valence electrons. The first kappa shape index (κ1) is 21.7. The zero-order valence-corrected chi connectivity index (χ0v) is 18.2. The van der Waals surface area contributed by atoms with Crippen LogP contribution in [0.15, 0.2) is 59.5 Å². The van der Waals surface area contributed by atoms with Crippen molar-refractivity contribution in [3.05, 3.63) is 65.2 Å². The normalized spacial score (nSPS) is 15.1. The number of amides is 2. The Hall–Kier alpha value is -1.98. The van der Waals surface area contributed by atoms with E-state index in [2.05, 4.69) is 5.32 Å². The summed E-state index contributed by atoms with van der Waals surface area (Å²) >= 11 is 7.48. The predicted octanol–water partition coefficient (Wildman–Crippen LogP) is 4.91. The number of nitrogens with zero attached hydrogens (tertiary/aromatic N) is 1. The van der Waals surface area contributed by atoms with E-state index in [1.165, 1.54) is 11.8 Å². The van der Waals surface area contributed by atoms with Crippen molar-refractivity contribution >= 4 is 35.2 Å². The zero-order chi connectivity index (χ0) is 20.6. The van der Waals surface area contributed by atoms with Gasteiger partial charge in [0.05, 0.1) is 5.75 Å². The van der Waals surface area contributed by atoms with Crippen LogP contribution in [0.2, 0.25) is 5.02 Å². The maximum atomic E-state index is 13.1. The van der Waals surface area contributed by atoms with Gasteiger partial charge in [0.1, 0.15) is 6.04 Å². The number of halogens is 1. The second-order valence-electron chi connectivity index (χ2n) is 7.42. The van der Waals surface area contributed by atoms with E-state index in [0.29, 0.717) is 17.3 Å². The lowest BCUT2D eigenvalue weighted by atomic mass is 10.1. The van der Waals surface area contributed by atoms with Crippen molar-refractivity contribution in [3.8, 4) is 0 Å². The van der Waals surface area contributed by atoms with Crippen molar-refractivity contribution in [1.82, 2.24) is 10.2 Å². The molecule has 6 heteroatoms. The highest BCUT2D eigenvalue weighted by molar-refractivity contribution is 8.00. The van der Waals surface area contributed by atoms with Gasteiger partial charge in [-0.2, -0.15) is 0 Å². The predicted molar refractivity (Wildman–Crippen MR) is 119 cm³/mol. The van der Waals surface area contributed by atoms with Crippen molar-refractivity contribution in [2.45, 2.75) is 56.1 Å². The molecule has 0 unspecified atom stereocenters. The molecular weight excluding hydrogens is 404 g/mol. The number of hydrogen-bond donors (Lipinski definition) is 1. The maximum Gasteiger partial charge on any atom is 0.242 e. The third-order valence-corrected chi connectivity index (χ3v) is 6.49. The molecular formula is C23H27ClN2O2S. The highest BCUT2D eigenvalue weighted by atomic mass is 35.5. The number of hydrogen-bond acceptors (Lipinski definition) is 3. The second-order valence-corrected chi connectivity index (χ2v) is 8.90. The van der Waals surface area contributed by atoms with Crippen molar-refractivity contribution in [1.29, 1.82) is 0 Å². The van der Waals surface area contributed by atoms with Crippen LogP contribution in [-0.4, -0.2) is 34.6 Å². The topological polar surface area (TPSA) is 49.4 Å². The fourth-order valence-electron chi connectivity index (χ4n) is 3.51. The number of carbonyl (C=O) groups is 2. The van der Waals surface area contributed by atoms with Crippen LogP contribution in [0.25, 0.3) is 0 Å². The number of benzene rings is 2.